The zero-order valence-corrected chi connectivity index (χ0v) is 28.4. The molecule has 0 unspecified atom stereocenters. The summed E-state index contributed by atoms with van der Waals surface area (Å²) in [5, 5.41) is 10.1. The van der Waals surface area contributed by atoms with E-state index in [1.165, 1.54) is 9.80 Å². The van der Waals surface area contributed by atoms with Gasteiger partial charge in [0.2, 0.25) is 23.6 Å². The van der Waals surface area contributed by atoms with Crippen molar-refractivity contribution in [3.8, 4) is 5.75 Å². The molecule has 4 aromatic rings. The molecular weight excluding hydrogens is 664 g/mol. The predicted octanol–water partition coefficient (Wildman–Crippen LogP) is 6.72. The lowest BCUT2D eigenvalue weighted by atomic mass is 9.49. The topological polar surface area (TPSA) is 104 Å². The second kappa shape index (κ2) is 12.8. The normalized spacial score (nSPS) is 26.8. The Bertz CT molecular complexity index is 2110. The van der Waals surface area contributed by atoms with Crippen LogP contribution < -0.4 is 14.5 Å². The minimum Gasteiger partial charge on any atom is -0.491 e. The quantitative estimate of drug-likeness (QED) is 0.162. The number of imide groups is 2. The number of anilines is 2. The average molecular weight is 699 g/mol. The maximum Gasteiger partial charge on any atom is 0.246 e. The highest BCUT2D eigenvalue weighted by molar-refractivity contribution is 6.32. The molecule has 2 aliphatic heterocycles. The highest BCUT2D eigenvalue weighted by Gasteiger charge is 2.70. The van der Waals surface area contributed by atoms with E-state index >= 15 is 4.79 Å². The Hall–Kier alpha value is -5.31. The SMILES string of the molecule is C=Cc1ccc(N2C(=O)[C@H]3[C@H](CC=C4[C@H]3C[C@H]3C(=O)N(c5cccc(Cl)c5)C(=O)[C@@]3(c3ccccc3)[C@H]4c3ccccc3OCCO)C2=O)cc1. The number of benzene rings is 4. The molecule has 0 spiro atoms. The third kappa shape index (κ3) is 4.92. The van der Waals surface area contributed by atoms with Crippen molar-refractivity contribution in [2.75, 3.05) is 23.0 Å². The molecule has 1 N–H and O–H groups in total. The first kappa shape index (κ1) is 32.9. The Morgan fingerprint density at radius 3 is 2.29 bits per heavy atom. The van der Waals surface area contributed by atoms with Crippen molar-refractivity contribution in [1.82, 2.24) is 0 Å². The maximum atomic E-state index is 15.4. The average Bonchev–Trinajstić information content (AvgIpc) is 3.55. The van der Waals surface area contributed by atoms with Crippen molar-refractivity contribution in [2.45, 2.75) is 24.2 Å². The summed E-state index contributed by atoms with van der Waals surface area (Å²) < 4.78 is 6.12. The van der Waals surface area contributed by atoms with E-state index in [9.17, 15) is 19.5 Å². The predicted molar refractivity (Wildman–Crippen MR) is 194 cm³/mol. The number of halogens is 1. The molecule has 9 heteroatoms. The molecule has 0 radical (unpaired) electrons. The monoisotopic (exact) mass is 698 g/mol. The summed E-state index contributed by atoms with van der Waals surface area (Å²) in [7, 11) is 0. The highest BCUT2D eigenvalue weighted by Crippen LogP contribution is 2.65. The van der Waals surface area contributed by atoms with Crippen LogP contribution in [0.15, 0.2) is 121 Å². The number of hydrogen-bond acceptors (Lipinski definition) is 6. The molecule has 2 saturated heterocycles. The van der Waals surface area contributed by atoms with Gasteiger partial charge in [-0.3, -0.25) is 24.1 Å². The van der Waals surface area contributed by atoms with Crippen LogP contribution in [0.3, 0.4) is 0 Å². The number of aliphatic hydroxyl groups is 1. The first-order chi connectivity index (χ1) is 24.8. The van der Waals surface area contributed by atoms with Crippen LogP contribution >= 0.6 is 11.6 Å². The van der Waals surface area contributed by atoms with Crippen LogP contribution in [0.25, 0.3) is 6.08 Å². The molecule has 8 rings (SSSR count). The summed E-state index contributed by atoms with van der Waals surface area (Å²) in [5.41, 5.74) is 2.44. The van der Waals surface area contributed by atoms with Crippen LogP contribution in [0.4, 0.5) is 11.4 Å². The van der Waals surface area contributed by atoms with Gasteiger partial charge >= 0.3 is 0 Å². The number of rotatable bonds is 8. The van der Waals surface area contributed by atoms with Gasteiger partial charge in [-0.25, -0.2) is 4.90 Å². The van der Waals surface area contributed by atoms with Crippen molar-refractivity contribution in [3.05, 3.63) is 143 Å². The Kier molecular flexibility index (Phi) is 8.24. The molecule has 3 fully saturated rings. The first-order valence-corrected chi connectivity index (χ1v) is 17.5. The van der Waals surface area contributed by atoms with Gasteiger partial charge in [0.1, 0.15) is 12.4 Å². The van der Waals surface area contributed by atoms with Crippen LogP contribution in [-0.2, 0) is 24.6 Å². The summed E-state index contributed by atoms with van der Waals surface area (Å²) in [6.45, 7) is 3.60. The zero-order chi connectivity index (χ0) is 35.4. The van der Waals surface area contributed by atoms with Gasteiger partial charge < -0.3 is 9.84 Å². The standard InChI is InChI=1S/C42H35ClN2O6/c1-2-25-15-17-28(18-16-25)44-38(47)32-20-19-30-33(36(32)40(44)49)24-34-39(48)45(29-12-8-11-27(43)23-29)41(50)42(34,26-9-4-3-5-10-26)37(30)31-13-6-7-14-35(31)51-22-21-46/h2-19,23,32-34,36-37,46H,1,20-22,24H2/t32-,33+,34-,36-,37+,42+/m0/s1. The van der Waals surface area contributed by atoms with Crippen molar-refractivity contribution in [2.24, 2.45) is 23.7 Å². The van der Waals surface area contributed by atoms with E-state index < -0.39 is 40.9 Å². The summed E-state index contributed by atoms with van der Waals surface area (Å²) in [6.07, 6.45) is 4.20. The van der Waals surface area contributed by atoms with Gasteiger partial charge in [0.05, 0.1) is 41.2 Å². The molecule has 0 aromatic heterocycles. The summed E-state index contributed by atoms with van der Waals surface area (Å²) >= 11 is 6.41. The Labute approximate surface area is 300 Å². The van der Waals surface area contributed by atoms with Gasteiger partial charge in [-0.1, -0.05) is 103 Å². The number of carbonyl (C=O) groups excluding carboxylic acids is 4. The van der Waals surface area contributed by atoms with E-state index in [2.05, 4.69) is 6.58 Å². The van der Waals surface area contributed by atoms with E-state index in [-0.39, 0.29) is 37.4 Å². The number of amides is 4. The number of nitrogens with zero attached hydrogens (tertiary/aromatic N) is 2. The van der Waals surface area contributed by atoms with Gasteiger partial charge in [-0.05, 0) is 66.3 Å². The van der Waals surface area contributed by atoms with Crippen molar-refractivity contribution in [1.29, 1.82) is 0 Å². The van der Waals surface area contributed by atoms with Gasteiger partial charge in [0.15, 0.2) is 0 Å². The van der Waals surface area contributed by atoms with Crippen LogP contribution in [0.5, 0.6) is 5.75 Å². The van der Waals surface area contributed by atoms with E-state index in [4.69, 9.17) is 16.3 Å². The number of carbonyl (C=O) groups is 4. The number of allylic oxidation sites excluding steroid dienone is 2. The minimum atomic E-state index is -1.43. The summed E-state index contributed by atoms with van der Waals surface area (Å²) in [4.78, 5) is 61.5. The lowest BCUT2D eigenvalue weighted by Crippen LogP contribution is -2.53. The number of aliphatic hydroxyl groups excluding tert-OH is 1. The maximum absolute atomic E-state index is 15.4. The minimum absolute atomic E-state index is 0.0206. The Morgan fingerprint density at radius 2 is 1.57 bits per heavy atom. The van der Waals surface area contributed by atoms with Crippen LogP contribution in [-0.4, -0.2) is 41.9 Å². The van der Waals surface area contributed by atoms with Gasteiger partial charge in [-0.15, -0.1) is 0 Å². The largest absolute Gasteiger partial charge is 0.491 e. The molecule has 1 saturated carbocycles. The molecule has 4 aromatic carbocycles. The van der Waals surface area contributed by atoms with Crippen LogP contribution in [0, 0.1) is 23.7 Å². The van der Waals surface area contributed by atoms with Crippen molar-refractivity contribution < 1.29 is 29.0 Å². The molecule has 8 nitrogen and oxygen atoms in total. The fraction of sp³-hybridized carbons (Fsp3) is 0.238. The zero-order valence-electron chi connectivity index (χ0n) is 27.7. The second-order valence-corrected chi connectivity index (χ2v) is 13.9. The number of hydrogen-bond donors (Lipinski definition) is 1. The first-order valence-electron chi connectivity index (χ1n) is 17.1. The van der Waals surface area contributed by atoms with Gasteiger partial charge in [0.25, 0.3) is 0 Å². The van der Waals surface area contributed by atoms with E-state index in [0.717, 1.165) is 11.1 Å². The molecular formula is C42H35ClN2O6. The van der Waals surface area contributed by atoms with Crippen LogP contribution in [0.2, 0.25) is 5.02 Å². The third-order valence-corrected chi connectivity index (χ3v) is 11.4. The number of ether oxygens (including phenoxy) is 1. The lowest BCUT2D eigenvalue weighted by molar-refractivity contribution is -0.127. The molecule has 51 heavy (non-hydrogen) atoms. The highest BCUT2D eigenvalue weighted by atomic mass is 35.5. The fourth-order valence-electron chi connectivity index (χ4n) is 9.11. The summed E-state index contributed by atoms with van der Waals surface area (Å²) in [6, 6.07) is 30.6. The fourth-order valence-corrected chi connectivity index (χ4v) is 9.29. The summed E-state index contributed by atoms with van der Waals surface area (Å²) in [5.74, 6) is -4.42. The number of fused-ring (bicyclic) bond motifs is 4. The van der Waals surface area contributed by atoms with E-state index in [0.29, 0.717) is 39.7 Å². The Balaban J connectivity index is 1.35. The molecule has 2 heterocycles. The van der Waals surface area contributed by atoms with E-state index in [1.54, 1.807) is 48.5 Å². The van der Waals surface area contributed by atoms with Crippen molar-refractivity contribution in [3.63, 3.8) is 0 Å². The van der Waals surface area contributed by atoms with Crippen LogP contribution in [0.1, 0.15) is 35.4 Å². The van der Waals surface area contributed by atoms with Gasteiger partial charge in [-0.2, -0.15) is 0 Å². The van der Waals surface area contributed by atoms with E-state index in [1.807, 2.05) is 66.7 Å². The molecule has 6 atom stereocenters. The second-order valence-electron chi connectivity index (χ2n) is 13.5. The lowest BCUT2D eigenvalue weighted by Gasteiger charge is -2.51. The molecule has 4 amide bonds. The molecule has 4 aliphatic rings. The molecule has 256 valence electrons. The number of para-hydroxylation sites is 1. The van der Waals surface area contributed by atoms with Crippen molar-refractivity contribution >= 4 is 52.7 Å². The smallest absolute Gasteiger partial charge is 0.246 e. The molecule has 2 aliphatic carbocycles. The third-order valence-electron chi connectivity index (χ3n) is 11.1. The van der Waals surface area contributed by atoms with Gasteiger partial charge in [0, 0.05) is 16.5 Å². The molecule has 0 bridgehead atoms. The Morgan fingerprint density at radius 1 is 0.824 bits per heavy atom.